The lowest BCUT2D eigenvalue weighted by Gasteiger charge is -2.30. The number of hydrogen-bond donors (Lipinski definition) is 0. The minimum Gasteiger partial charge on any atom is -0.452 e. The number of rotatable bonds is 6. The Bertz CT molecular complexity index is 753. The van der Waals surface area contributed by atoms with Crippen molar-refractivity contribution in [3.8, 4) is 0 Å². The number of benzene rings is 1. The molecule has 6 nitrogen and oxygen atoms in total. The van der Waals surface area contributed by atoms with Crippen molar-refractivity contribution in [2.45, 2.75) is 44.4 Å². The summed E-state index contributed by atoms with van der Waals surface area (Å²) in [7, 11) is 0. The molecular weight excluding hydrogens is 400 g/mol. The Kier molecular flexibility index (Phi) is 8.19. The van der Waals surface area contributed by atoms with Crippen LogP contribution in [-0.2, 0) is 14.3 Å². The van der Waals surface area contributed by atoms with Crippen LogP contribution in [0.1, 0.15) is 49.9 Å². The number of carbonyl (C=O) groups is 3. The molecular formula is C23H32N2O4S. The van der Waals surface area contributed by atoms with E-state index in [4.69, 9.17) is 4.74 Å². The fourth-order valence-electron chi connectivity index (χ4n) is 3.80. The van der Waals surface area contributed by atoms with Crippen LogP contribution in [0.25, 0.3) is 0 Å². The Morgan fingerprint density at radius 2 is 1.43 bits per heavy atom. The Morgan fingerprint density at radius 3 is 2.03 bits per heavy atom. The molecule has 2 fully saturated rings. The smallest absolute Gasteiger partial charge is 0.339 e. The highest BCUT2D eigenvalue weighted by molar-refractivity contribution is 8.00. The average Bonchev–Trinajstić information content (AvgIpc) is 2.76. The van der Waals surface area contributed by atoms with E-state index in [0.29, 0.717) is 28.0 Å². The summed E-state index contributed by atoms with van der Waals surface area (Å²) in [5, 5.41) is 0. The van der Waals surface area contributed by atoms with Crippen molar-refractivity contribution < 1.29 is 19.1 Å². The first-order chi connectivity index (χ1) is 14.4. The summed E-state index contributed by atoms with van der Waals surface area (Å²) in [5.41, 5.74) is 0.405. The second-order valence-corrected chi connectivity index (χ2v) is 9.50. The number of carbonyl (C=O) groups excluding carboxylic acids is 3. The molecule has 0 unspecified atom stereocenters. The van der Waals surface area contributed by atoms with Gasteiger partial charge in [-0.15, -0.1) is 11.8 Å². The lowest BCUT2D eigenvalue weighted by Crippen LogP contribution is -2.40. The third-order valence-electron chi connectivity index (χ3n) is 6.06. The normalized spacial score (nSPS) is 18.3. The molecule has 0 spiro atoms. The van der Waals surface area contributed by atoms with E-state index in [2.05, 4.69) is 13.8 Å². The quantitative estimate of drug-likeness (QED) is 0.509. The molecule has 1 aromatic carbocycles. The zero-order valence-electron chi connectivity index (χ0n) is 18.0. The van der Waals surface area contributed by atoms with Crippen LogP contribution in [-0.4, -0.2) is 66.1 Å². The molecule has 0 N–H and O–H groups in total. The van der Waals surface area contributed by atoms with E-state index in [1.807, 2.05) is 17.0 Å². The molecule has 0 aromatic heterocycles. The van der Waals surface area contributed by atoms with Crippen molar-refractivity contribution in [3.05, 3.63) is 29.8 Å². The lowest BCUT2D eigenvalue weighted by atomic mass is 9.99. The van der Waals surface area contributed by atoms with Crippen molar-refractivity contribution in [1.82, 2.24) is 9.80 Å². The van der Waals surface area contributed by atoms with Crippen molar-refractivity contribution in [2.75, 3.05) is 38.5 Å². The number of ether oxygens (including phenoxy) is 1. The van der Waals surface area contributed by atoms with Gasteiger partial charge in [0, 0.05) is 31.1 Å². The van der Waals surface area contributed by atoms with Crippen LogP contribution >= 0.6 is 11.8 Å². The maximum absolute atomic E-state index is 12.6. The molecule has 0 bridgehead atoms. The first kappa shape index (κ1) is 22.7. The fraction of sp³-hybridized carbons (Fsp3) is 0.609. The van der Waals surface area contributed by atoms with Gasteiger partial charge in [-0.3, -0.25) is 9.59 Å². The van der Waals surface area contributed by atoms with Crippen molar-refractivity contribution in [3.63, 3.8) is 0 Å². The van der Waals surface area contributed by atoms with Gasteiger partial charge in [0.1, 0.15) is 0 Å². The lowest BCUT2D eigenvalue weighted by molar-refractivity contribution is -0.135. The topological polar surface area (TPSA) is 66.9 Å². The molecule has 2 aliphatic rings. The first-order valence-electron chi connectivity index (χ1n) is 10.9. The van der Waals surface area contributed by atoms with Crippen molar-refractivity contribution in [2.24, 2.45) is 11.8 Å². The van der Waals surface area contributed by atoms with Gasteiger partial charge in [-0.2, -0.15) is 0 Å². The Morgan fingerprint density at radius 1 is 0.900 bits per heavy atom. The predicted octanol–water partition coefficient (Wildman–Crippen LogP) is 3.45. The maximum atomic E-state index is 12.6. The van der Waals surface area contributed by atoms with Crippen molar-refractivity contribution >= 4 is 29.5 Å². The molecule has 0 atom stereocenters. The summed E-state index contributed by atoms with van der Waals surface area (Å²) in [6.07, 6.45) is 4.07. The van der Waals surface area contributed by atoms with E-state index in [9.17, 15) is 14.4 Å². The van der Waals surface area contributed by atoms with Gasteiger partial charge in [-0.1, -0.05) is 26.0 Å². The van der Waals surface area contributed by atoms with E-state index < -0.39 is 5.97 Å². The van der Waals surface area contributed by atoms with E-state index in [1.54, 1.807) is 17.0 Å². The molecule has 30 heavy (non-hydrogen) atoms. The summed E-state index contributed by atoms with van der Waals surface area (Å²) in [6.45, 7) is 7.23. The SMILES string of the molecule is CC1CCN(C(=O)COC(=O)c2ccccc2SCC(=O)N2CCC(C)CC2)CC1. The highest BCUT2D eigenvalue weighted by Gasteiger charge is 2.23. The van der Waals surface area contributed by atoms with Gasteiger partial charge in [0.05, 0.1) is 11.3 Å². The summed E-state index contributed by atoms with van der Waals surface area (Å²) in [4.78, 5) is 41.8. The Balaban J connectivity index is 1.50. The molecule has 0 radical (unpaired) electrons. The fourth-order valence-corrected chi connectivity index (χ4v) is 4.75. The van der Waals surface area contributed by atoms with Crippen molar-refractivity contribution in [1.29, 1.82) is 0 Å². The second kappa shape index (κ2) is 10.8. The number of hydrogen-bond acceptors (Lipinski definition) is 5. The average molecular weight is 433 g/mol. The van der Waals surface area contributed by atoms with Crippen LogP contribution in [0.4, 0.5) is 0 Å². The largest absolute Gasteiger partial charge is 0.452 e. The van der Waals surface area contributed by atoms with Crippen LogP contribution in [0.15, 0.2) is 29.2 Å². The summed E-state index contributed by atoms with van der Waals surface area (Å²) >= 11 is 1.35. The standard InChI is InChI=1S/C23H32N2O4S/c1-17-7-11-24(12-8-17)21(26)15-29-23(28)19-5-3-4-6-20(19)30-16-22(27)25-13-9-18(2)10-14-25/h3-6,17-18H,7-16H2,1-2H3. The molecule has 2 aliphatic heterocycles. The molecule has 0 saturated carbocycles. The van der Waals surface area contributed by atoms with Crippen LogP contribution < -0.4 is 0 Å². The number of likely N-dealkylation sites (tertiary alicyclic amines) is 2. The molecule has 2 saturated heterocycles. The highest BCUT2D eigenvalue weighted by atomic mass is 32.2. The second-order valence-electron chi connectivity index (χ2n) is 8.49. The van der Waals surface area contributed by atoms with E-state index >= 15 is 0 Å². The molecule has 3 rings (SSSR count). The number of esters is 1. The van der Waals surface area contributed by atoms with Crippen LogP contribution in [0, 0.1) is 11.8 Å². The maximum Gasteiger partial charge on any atom is 0.339 e. The van der Waals surface area contributed by atoms with Gasteiger partial charge in [0.2, 0.25) is 5.91 Å². The number of amides is 2. The molecule has 164 valence electrons. The summed E-state index contributed by atoms with van der Waals surface area (Å²) < 4.78 is 5.31. The number of nitrogens with zero attached hydrogens (tertiary/aromatic N) is 2. The summed E-state index contributed by atoms with van der Waals surface area (Å²) in [5.74, 6) is 1.05. The molecule has 2 heterocycles. The van der Waals surface area contributed by atoms with Gasteiger partial charge in [-0.05, 0) is 49.7 Å². The number of piperidine rings is 2. The van der Waals surface area contributed by atoms with Crippen LogP contribution in [0.5, 0.6) is 0 Å². The molecule has 2 amide bonds. The zero-order chi connectivity index (χ0) is 21.5. The van der Waals surface area contributed by atoms with E-state index in [-0.39, 0.29) is 18.4 Å². The molecule has 0 aliphatic carbocycles. The van der Waals surface area contributed by atoms with Crippen LogP contribution in [0.3, 0.4) is 0 Å². The third kappa shape index (κ3) is 6.24. The Labute approximate surface area is 183 Å². The van der Waals surface area contributed by atoms with E-state index in [1.165, 1.54) is 11.8 Å². The van der Waals surface area contributed by atoms with Gasteiger partial charge in [0.15, 0.2) is 6.61 Å². The predicted molar refractivity (Wildman–Crippen MR) is 117 cm³/mol. The van der Waals surface area contributed by atoms with Gasteiger partial charge < -0.3 is 14.5 Å². The minimum atomic E-state index is -0.518. The van der Waals surface area contributed by atoms with Crippen LogP contribution in [0.2, 0.25) is 0 Å². The van der Waals surface area contributed by atoms with E-state index in [0.717, 1.165) is 51.9 Å². The third-order valence-corrected chi connectivity index (χ3v) is 7.12. The first-order valence-corrected chi connectivity index (χ1v) is 11.9. The monoisotopic (exact) mass is 432 g/mol. The Hall–Kier alpha value is -2.02. The minimum absolute atomic E-state index is 0.101. The van der Waals surface area contributed by atoms with Gasteiger partial charge in [-0.25, -0.2) is 4.79 Å². The zero-order valence-corrected chi connectivity index (χ0v) is 18.8. The van der Waals surface area contributed by atoms with Gasteiger partial charge in [0.25, 0.3) is 5.91 Å². The molecule has 1 aromatic rings. The molecule has 7 heteroatoms. The summed E-state index contributed by atoms with van der Waals surface area (Å²) in [6, 6.07) is 7.11. The number of thioether (sulfide) groups is 1. The highest BCUT2D eigenvalue weighted by Crippen LogP contribution is 2.25. The van der Waals surface area contributed by atoms with Gasteiger partial charge >= 0.3 is 5.97 Å².